The van der Waals surface area contributed by atoms with E-state index in [2.05, 4.69) is 12.2 Å². The summed E-state index contributed by atoms with van der Waals surface area (Å²) >= 11 is 0. The van der Waals surface area contributed by atoms with Gasteiger partial charge in [-0.05, 0) is 26.7 Å². The molecule has 0 heterocycles. The minimum Gasteiger partial charge on any atom is -0.382 e. The normalized spacial score (nSPS) is 12.5. The maximum Gasteiger partial charge on any atom is 0.220 e. The van der Waals surface area contributed by atoms with Crippen molar-refractivity contribution in [3.05, 3.63) is 0 Å². The van der Waals surface area contributed by atoms with Gasteiger partial charge in [0.1, 0.15) is 0 Å². The highest BCUT2D eigenvalue weighted by molar-refractivity contribution is 5.76. The Morgan fingerprint density at radius 1 is 1.43 bits per heavy atom. The van der Waals surface area contributed by atoms with Gasteiger partial charge in [-0.2, -0.15) is 0 Å². The summed E-state index contributed by atoms with van der Waals surface area (Å²) in [6.45, 7) is 7.56. The van der Waals surface area contributed by atoms with Crippen LogP contribution in [0.3, 0.4) is 0 Å². The second-order valence-corrected chi connectivity index (χ2v) is 3.56. The molecule has 1 N–H and O–H groups in total. The van der Waals surface area contributed by atoms with Crippen LogP contribution in [0.15, 0.2) is 0 Å². The van der Waals surface area contributed by atoms with Gasteiger partial charge in [-0.25, -0.2) is 0 Å². The molecule has 0 aromatic carbocycles. The van der Waals surface area contributed by atoms with Crippen LogP contribution in [0.4, 0.5) is 0 Å². The molecular weight excluding hydrogens is 178 g/mol. The zero-order valence-corrected chi connectivity index (χ0v) is 9.64. The van der Waals surface area contributed by atoms with Crippen molar-refractivity contribution in [2.75, 3.05) is 13.2 Å². The third-order valence-electron chi connectivity index (χ3n) is 2.06. The molecule has 14 heavy (non-hydrogen) atoms. The SMILES string of the molecule is CCCCC(=O)NC(C)CCOCC. The number of hydrogen-bond acceptors (Lipinski definition) is 2. The van der Waals surface area contributed by atoms with E-state index in [1.54, 1.807) is 0 Å². The largest absolute Gasteiger partial charge is 0.382 e. The van der Waals surface area contributed by atoms with Crippen LogP contribution in [-0.4, -0.2) is 25.2 Å². The van der Waals surface area contributed by atoms with Gasteiger partial charge in [0, 0.05) is 25.7 Å². The first-order valence-corrected chi connectivity index (χ1v) is 5.57. The first kappa shape index (κ1) is 13.4. The van der Waals surface area contributed by atoms with Crippen molar-refractivity contribution in [1.29, 1.82) is 0 Å². The molecule has 0 aliphatic rings. The molecule has 0 bridgehead atoms. The summed E-state index contributed by atoms with van der Waals surface area (Å²) in [4.78, 5) is 11.3. The van der Waals surface area contributed by atoms with E-state index in [4.69, 9.17) is 4.74 Å². The van der Waals surface area contributed by atoms with E-state index in [0.717, 1.165) is 32.5 Å². The van der Waals surface area contributed by atoms with Crippen molar-refractivity contribution in [1.82, 2.24) is 5.32 Å². The van der Waals surface area contributed by atoms with Gasteiger partial charge in [0.15, 0.2) is 0 Å². The van der Waals surface area contributed by atoms with Gasteiger partial charge in [0.25, 0.3) is 0 Å². The zero-order valence-electron chi connectivity index (χ0n) is 9.64. The molecular formula is C11H23NO2. The van der Waals surface area contributed by atoms with Gasteiger partial charge in [-0.1, -0.05) is 13.3 Å². The first-order valence-electron chi connectivity index (χ1n) is 5.57. The van der Waals surface area contributed by atoms with Crippen LogP contribution >= 0.6 is 0 Å². The minimum atomic E-state index is 0.163. The number of nitrogens with one attached hydrogen (secondary N) is 1. The van der Waals surface area contributed by atoms with Crippen LogP contribution < -0.4 is 5.32 Å². The van der Waals surface area contributed by atoms with Crippen LogP contribution in [0.25, 0.3) is 0 Å². The van der Waals surface area contributed by atoms with Crippen molar-refractivity contribution < 1.29 is 9.53 Å². The molecule has 84 valence electrons. The van der Waals surface area contributed by atoms with Crippen molar-refractivity contribution in [3.8, 4) is 0 Å². The summed E-state index contributed by atoms with van der Waals surface area (Å²) in [6, 6.07) is 0.228. The van der Waals surface area contributed by atoms with E-state index in [0.29, 0.717) is 6.42 Å². The highest BCUT2D eigenvalue weighted by Crippen LogP contribution is 1.96. The third kappa shape index (κ3) is 8.05. The highest BCUT2D eigenvalue weighted by Gasteiger charge is 2.05. The van der Waals surface area contributed by atoms with E-state index in [9.17, 15) is 4.79 Å². The lowest BCUT2D eigenvalue weighted by atomic mass is 10.2. The van der Waals surface area contributed by atoms with Crippen molar-refractivity contribution in [2.24, 2.45) is 0 Å². The molecule has 0 fully saturated rings. The molecule has 0 aromatic heterocycles. The summed E-state index contributed by atoms with van der Waals surface area (Å²) in [7, 11) is 0. The van der Waals surface area contributed by atoms with Gasteiger partial charge in [0.05, 0.1) is 0 Å². The fourth-order valence-corrected chi connectivity index (χ4v) is 1.16. The predicted molar refractivity (Wildman–Crippen MR) is 58.2 cm³/mol. The Bertz CT molecular complexity index is 148. The lowest BCUT2D eigenvalue weighted by Crippen LogP contribution is -2.33. The monoisotopic (exact) mass is 201 g/mol. The Morgan fingerprint density at radius 2 is 2.14 bits per heavy atom. The second-order valence-electron chi connectivity index (χ2n) is 3.56. The second kappa shape index (κ2) is 9.00. The van der Waals surface area contributed by atoms with Gasteiger partial charge >= 0.3 is 0 Å². The number of carbonyl (C=O) groups is 1. The van der Waals surface area contributed by atoms with E-state index in [1.165, 1.54) is 0 Å². The molecule has 0 saturated heterocycles. The maximum absolute atomic E-state index is 11.3. The number of ether oxygens (including phenoxy) is 1. The molecule has 3 heteroatoms. The average molecular weight is 201 g/mol. The predicted octanol–water partition coefficient (Wildman–Crippen LogP) is 2.11. The van der Waals surface area contributed by atoms with Gasteiger partial charge in [-0.3, -0.25) is 4.79 Å². The number of hydrogen-bond donors (Lipinski definition) is 1. The quantitative estimate of drug-likeness (QED) is 0.611. The molecule has 0 radical (unpaired) electrons. The van der Waals surface area contributed by atoms with Crippen LogP contribution in [-0.2, 0) is 9.53 Å². The molecule has 0 saturated carbocycles. The standard InChI is InChI=1S/C11H23NO2/c1-4-6-7-11(13)12-10(3)8-9-14-5-2/h10H,4-9H2,1-3H3,(H,12,13). The molecule has 3 nitrogen and oxygen atoms in total. The molecule has 0 rings (SSSR count). The van der Waals surface area contributed by atoms with Gasteiger partial charge in [0.2, 0.25) is 5.91 Å². The summed E-state index contributed by atoms with van der Waals surface area (Å²) in [5, 5.41) is 2.95. The third-order valence-corrected chi connectivity index (χ3v) is 2.06. The Hall–Kier alpha value is -0.570. The van der Waals surface area contributed by atoms with Gasteiger partial charge in [-0.15, -0.1) is 0 Å². The van der Waals surface area contributed by atoms with Crippen LogP contribution in [0.5, 0.6) is 0 Å². The molecule has 0 aliphatic heterocycles. The highest BCUT2D eigenvalue weighted by atomic mass is 16.5. The van der Waals surface area contributed by atoms with Crippen LogP contribution in [0.1, 0.15) is 46.5 Å². The van der Waals surface area contributed by atoms with Crippen molar-refractivity contribution in [2.45, 2.75) is 52.5 Å². The van der Waals surface area contributed by atoms with E-state index in [1.807, 2.05) is 13.8 Å². The van der Waals surface area contributed by atoms with Crippen LogP contribution in [0.2, 0.25) is 0 Å². The summed E-state index contributed by atoms with van der Waals surface area (Å²) in [5.74, 6) is 0.163. The fourth-order valence-electron chi connectivity index (χ4n) is 1.16. The van der Waals surface area contributed by atoms with Gasteiger partial charge < -0.3 is 10.1 Å². The molecule has 1 unspecified atom stereocenters. The van der Waals surface area contributed by atoms with Crippen molar-refractivity contribution >= 4 is 5.91 Å². The van der Waals surface area contributed by atoms with Crippen molar-refractivity contribution in [3.63, 3.8) is 0 Å². The first-order chi connectivity index (χ1) is 6.70. The number of amides is 1. The summed E-state index contributed by atoms with van der Waals surface area (Å²) in [6.07, 6.45) is 3.59. The fraction of sp³-hybridized carbons (Fsp3) is 0.909. The van der Waals surface area contributed by atoms with E-state index in [-0.39, 0.29) is 11.9 Å². The van der Waals surface area contributed by atoms with E-state index >= 15 is 0 Å². The van der Waals surface area contributed by atoms with Crippen LogP contribution in [0, 0.1) is 0 Å². The van der Waals surface area contributed by atoms with E-state index < -0.39 is 0 Å². The number of rotatable bonds is 8. The summed E-state index contributed by atoms with van der Waals surface area (Å²) < 4.78 is 5.22. The maximum atomic E-state index is 11.3. The Balaban J connectivity index is 3.40. The Morgan fingerprint density at radius 3 is 2.71 bits per heavy atom. The average Bonchev–Trinajstić information content (AvgIpc) is 2.15. The zero-order chi connectivity index (χ0) is 10.8. The molecule has 0 spiro atoms. The Labute approximate surface area is 87.2 Å². The molecule has 0 aromatic rings. The number of carbonyl (C=O) groups excluding carboxylic acids is 1. The lowest BCUT2D eigenvalue weighted by Gasteiger charge is -2.13. The molecule has 0 aliphatic carbocycles. The lowest BCUT2D eigenvalue weighted by molar-refractivity contribution is -0.121. The summed E-state index contributed by atoms with van der Waals surface area (Å²) in [5.41, 5.74) is 0. The Kier molecular flexibility index (Phi) is 8.64. The smallest absolute Gasteiger partial charge is 0.220 e. The number of unbranched alkanes of at least 4 members (excludes halogenated alkanes) is 1. The minimum absolute atomic E-state index is 0.163. The molecule has 1 atom stereocenters. The molecule has 1 amide bonds. The topological polar surface area (TPSA) is 38.3 Å².